The van der Waals surface area contributed by atoms with Crippen molar-refractivity contribution in [3.05, 3.63) is 46.0 Å². The predicted octanol–water partition coefficient (Wildman–Crippen LogP) is 4.03. The zero-order valence-electron chi connectivity index (χ0n) is 15.1. The highest BCUT2D eigenvalue weighted by Gasteiger charge is 2.51. The van der Waals surface area contributed by atoms with E-state index in [1.807, 2.05) is 0 Å². The summed E-state index contributed by atoms with van der Waals surface area (Å²) >= 11 is 5.44. The summed E-state index contributed by atoms with van der Waals surface area (Å²) in [4.78, 5) is 10.6. The molecule has 4 saturated carbocycles. The van der Waals surface area contributed by atoms with E-state index in [0.29, 0.717) is 10.7 Å². The van der Waals surface area contributed by atoms with Crippen LogP contribution in [0.25, 0.3) is 6.08 Å². The lowest BCUT2D eigenvalue weighted by molar-refractivity contribution is -0.385. The van der Waals surface area contributed by atoms with Crippen LogP contribution in [0.3, 0.4) is 0 Å². The fourth-order valence-corrected chi connectivity index (χ4v) is 5.88. The molecule has 4 bridgehead atoms. The number of thiocarbonyl (C=S) groups is 1. The lowest BCUT2D eigenvalue weighted by Gasteiger charge is -2.57. The summed E-state index contributed by atoms with van der Waals surface area (Å²) in [6.45, 7) is 0. The predicted molar refractivity (Wildman–Crippen MR) is 110 cm³/mol. The summed E-state index contributed by atoms with van der Waals surface area (Å²) in [5.41, 5.74) is 3.67. The second-order valence-electron chi connectivity index (χ2n) is 8.22. The standard InChI is InChI=1S/C20H24N4O2S/c25-24(26)18-6-2-1-4-17(18)5-3-7-21-23-19(27)22-20-11-14-8-15(12-20)10-16(9-14)13-20/h1-7,14-16H,8-13H2,(H2,22,23,27)/b5-3+,21-7+. The van der Waals surface area contributed by atoms with Crippen LogP contribution in [-0.2, 0) is 0 Å². The molecule has 4 fully saturated rings. The Hall–Kier alpha value is -2.28. The molecule has 0 saturated heterocycles. The van der Waals surface area contributed by atoms with Gasteiger partial charge in [0.1, 0.15) is 0 Å². The van der Waals surface area contributed by atoms with E-state index in [4.69, 9.17) is 12.2 Å². The maximum atomic E-state index is 11.0. The largest absolute Gasteiger partial charge is 0.356 e. The van der Waals surface area contributed by atoms with Crippen LogP contribution >= 0.6 is 12.2 Å². The molecule has 6 nitrogen and oxygen atoms in total. The number of nitrogens with zero attached hydrogens (tertiary/aromatic N) is 2. The van der Waals surface area contributed by atoms with Crippen LogP contribution in [-0.4, -0.2) is 21.8 Å². The zero-order chi connectivity index (χ0) is 18.9. The molecular weight excluding hydrogens is 360 g/mol. The van der Waals surface area contributed by atoms with Crippen LogP contribution < -0.4 is 10.7 Å². The Labute approximate surface area is 164 Å². The summed E-state index contributed by atoms with van der Waals surface area (Å²) in [7, 11) is 0. The Morgan fingerprint density at radius 1 is 1.19 bits per heavy atom. The molecule has 2 N–H and O–H groups in total. The molecule has 0 amide bonds. The van der Waals surface area contributed by atoms with E-state index in [-0.39, 0.29) is 16.1 Å². The van der Waals surface area contributed by atoms with Crippen LogP contribution in [0, 0.1) is 27.9 Å². The lowest BCUT2D eigenvalue weighted by atomic mass is 9.53. The summed E-state index contributed by atoms with van der Waals surface area (Å²) in [6.07, 6.45) is 12.8. The molecule has 5 rings (SSSR count). The number of allylic oxidation sites excluding steroid dienone is 1. The molecule has 0 radical (unpaired) electrons. The maximum Gasteiger partial charge on any atom is 0.276 e. The van der Waals surface area contributed by atoms with Gasteiger partial charge in [-0.25, -0.2) is 0 Å². The first-order valence-corrected chi connectivity index (χ1v) is 9.95. The van der Waals surface area contributed by atoms with Crippen LogP contribution in [0.5, 0.6) is 0 Å². The van der Waals surface area contributed by atoms with Crippen molar-refractivity contribution < 1.29 is 4.92 Å². The quantitative estimate of drug-likeness (QED) is 0.347. The molecule has 142 valence electrons. The minimum Gasteiger partial charge on any atom is -0.356 e. The Bertz CT molecular complexity index is 770. The molecule has 27 heavy (non-hydrogen) atoms. The average Bonchev–Trinajstić information content (AvgIpc) is 2.60. The molecule has 0 aromatic heterocycles. The molecule has 0 heterocycles. The minimum atomic E-state index is -0.389. The van der Waals surface area contributed by atoms with E-state index >= 15 is 0 Å². The van der Waals surface area contributed by atoms with E-state index in [1.165, 1.54) is 44.6 Å². The van der Waals surface area contributed by atoms with Crippen molar-refractivity contribution in [3.63, 3.8) is 0 Å². The van der Waals surface area contributed by atoms with Crippen molar-refractivity contribution in [3.8, 4) is 0 Å². The van der Waals surface area contributed by atoms with E-state index in [0.717, 1.165) is 17.8 Å². The maximum absolute atomic E-state index is 11.0. The van der Waals surface area contributed by atoms with Crippen molar-refractivity contribution in [1.29, 1.82) is 0 Å². The third kappa shape index (κ3) is 4.03. The van der Waals surface area contributed by atoms with Gasteiger partial charge in [-0.1, -0.05) is 12.1 Å². The highest BCUT2D eigenvalue weighted by atomic mass is 32.1. The fourth-order valence-electron chi connectivity index (χ4n) is 5.61. The number of nitro groups is 1. The number of hydrazone groups is 1. The number of para-hydroxylation sites is 1. The molecule has 0 spiro atoms. The van der Waals surface area contributed by atoms with Gasteiger partial charge in [0, 0.05) is 17.8 Å². The van der Waals surface area contributed by atoms with E-state index in [9.17, 15) is 10.1 Å². The molecule has 0 unspecified atom stereocenters. The summed E-state index contributed by atoms with van der Waals surface area (Å²) in [5, 5.41) is 19.2. The van der Waals surface area contributed by atoms with Gasteiger partial charge >= 0.3 is 0 Å². The normalized spacial score (nSPS) is 31.5. The van der Waals surface area contributed by atoms with Gasteiger partial charge in [-0.2, -0.15) is 5.10 Å². The number of hydrogen-bond acceptors (Lipinski definition) is 4. The number of hydrogen-bond donors (Lipinski definition) is 2. The third-order valence-corrected chi connectivity index (χ3v) is 6.35. The average molecular weight is 385 g/mol. The molecule has 1 aromatic rings. The summed E-state index contributed by atoms with van der Waals surface area (Å²) in [6, 6.07) is 6.61. The first-order valence-electron chi connectivity index (χ1n) is 9.54. The monoisotopic (exact) mass is 384 g/mol. The van der Waals surface area contributed by atoms with Crippen molar-refractivity contribution in [2.75, 3.05) is 0 Å². The van der Waals surface area contributed by atoms with Gasteiger partial charge in [0.25, 0.3) is 5.69 Å². The Balaban J connectivity index is 1.30. The highest BCUT2D eigenvalue weighted by Crippen LogP contribution is 2.55. The number of benzene rings is 1. The molecule has 0 atom stereocenters. The minimum absolute atomic E-state index is 0.0779. The van der Waals surface area contributed by atoms with Crippen LogP contribution in [0.15, 0.2) is 35.4 Å². The van der Waals surface area contributed by atoms with Gasteiger partial charge in [-0.3, -0.25) is 15.5 Å². The molecule has 1 aromatic carbocycles. The summed E-state index contributed by atoms with van der Waals surface area (Å²) in [5.74, 6) is 2.58. The number of nitro benzene ring substituents is 1. The van der Waals surface area contributed by atoms with Gasteiger partial charge in [0.05, 0.1) is 10.5 Å². The lowest BCUT2D eigenvalue weighted by Crippen LogP contribution is -2.61. The van der Waals surface area contributed by atoms with Crippen molar-refractivity contribution in [1.82, 2.24) is 10.7 Å². The Morgan fingerprint density at radius 3 is 2.44 bits per heavy atom. The Morgan fingerprint density at radius 2 is 1.81 bits per heavy atom. The number of rotatable bonds is 5. The van der Waals surface area contributed by atoms with Gasteiger partial charge in [0.15, 0.2) is 5.11 Å². The first kappa shape index (κ1) is 18.1. The van der Waals surface area contributed by atoms with Gasteiger partial charge in [0.2, 0.25) is 0 Å². The molecular formula is C20H24N4O2S. The Kier molecular flexibility index (Phi) is 4.95. The molecule has 0 aliphatic heterocycles. The van der Waals surface area contributed by atoms with Crippen LogP contribution in [0.2, 0.25) is 0 Å². The van der Waals surface area contributed by atoms with E-state index < -0.39 is 0 Å². The van der Waals surface area contributed by atoms with Gasteiger partial charge < -0.3 is 5.32 Å². The smallest absolute Gasteiger partial charge is 0.276 e. The number of nitrogens with one attached hydrogen (secondary N) is 2. The molecule has 4 aliphatic carbocycles. The van der Waals surface area contributed by atoms with Gasteiger partial charge in [-0.05, 0) is 86.7 Å². The topological polar surface area (TPSA) is 79.6 Å². The first-order chi connectivity index (χ1) is 13.0. The zero-order valence-corrected chi connectivity index (χ0v) is 16.0. The van der Waals surface area contributed by atoms with E-state index in [1.54, 1.807) is 36.6 Å². The van der Waals surface area contributed by atoms with Crippen LogP contribution in [0.4, 0.5) is 5.69 Å². The van der Waals surface area contributed by atoms with Crippen molar-refractivity contribution in [2.24, 2.45) is 22.9 Å². The summed E-state index contributed by atoms with van der Waals surface area (Å²) < 4.78 is 0. The van der Waals surface area contributed by atoms with Gasteiger partial charge in [-0.15, -0.1) is 0 Å². The van der Waals surface area contributed by atoms with Crippen molar-refractivity contribution >= 4 is 35.3 Å². The molecule has 7 heteroatoms. The van der Waals surface area contributed by atoms with Crippen LogP contribution in [0.1, 0.15) is 44.1 Å². The fraction of sp³-hybridized carbons (Fsp3) is 0.500. The second kappa shape index (κ2) is 7.38. The van der Waals surface area contributed by atoms with E-state index in [2.05, 4.69) is 15.8 Å². The SMILES string of the molecule is O=[N+]([O-])c1ccccc1/C=C/C=N/NC(=S)NC12CC3CC(CC(C3)C1)C2. The third-order valence-electron chi connectivity index (χ3n) is 6.15. The second-order valence-corrected chi connectivity index (χ2v) is 8.63. The molecule has 4 aliphatic rings. The highest BCUT2D eigenvalue weighted by molar-refractivity contribution is 7.80. The van der Waals surface area contributed by atoms with Crippen molar-refractivity contribution in [2.45, 2.75) is 44.1 Å².